The van der Waals surface area contributed by atoms with Crippen molar-refractivity contribution in [2.75, 3.05) is 6.54 Å². The first-order valence-electron chi connectivity index (χ1n) is 3.88. The summed E-state index contributed by atoms with van der Waals surface area (Å²) in [6, 6.07) is 1.89. The molecule has 1 aromatic heterocycles. The summed E-state index contributed by atoms with van der Waals surface area (Å²) in [6.45, 7) is 4.68. The highest BCUT2D eigenvalue weighted by Gasteiger charge is 2.03. The Morgan fingerprint density at radius 3 is 3.00 bits per heavy atom. The first kappa shape index (κ1) is 9.48. The summed E-state index contributed by atoms with van der Waals surface area (Å²) < 4.78 is 0. The van der Waals surface area contributed by atoms with Gasteiger partial charge in [-0.3, -0.25) is 0 Å². The Labute approximate surface area is 76.8 Å². The molecule has 0 amide bonds. The van der Waals surface area contributed by atoms with Crippen molar-refractivity contribution >= 4 is 11.8 Å². The molecule has 66 valence electrons. The van der Waals surface area contributed by atoms with Crippen LogP contribution in [0.4, 0.5) is 0 Å². The molecule has 12 heavy (non-hydrogen) atoms. The molecule has 0 aromatic carbocycles. The summed E-state index contributed by atoms with van der Waals surface area (Å²) >= 11 is 1.61. The molecule has 1 heterocycles. The smallest absolute Gasteiger partial charge is 0.188 e. The van der Waals surface area contributed by atoms with Gasteiger partial charge in [0.25, 0.3) is 0 Å². The number of hydrogen-bond acceptors (Lipinski definition) is 4. The third-order valence-electron chi connectivity index (χ3n) is 1.41. The minimum atomic E-state index is 0.381. The van der Waals surface area contributed by atoms with Gasteiger partial charge in [-0.05, 0) is 13.0 Å². The maximum absolute atomic E-state index is 5.48. The summed E-state index contributed by atoms with van der Waals surface area (Å²) in [6.07, 6.45) is 1.77. The van der Waals surface area contributed by atoms with Gasteiger partial charge in [-0.2, -0.15) is 0 Å². The quantitative estimate of drug-likeness (QED) is 0.565. The summed E-state index contributed by atoms with van der Waals surface area (Å²) in [4.78, 5) is 8.38. The van der Waals surface area contributed by atoms with E-state index in [0.29, 0.717) is 11.8 Å². The molecule has 0 saturated carbocycles. The highest BCUT2D eigenvalue weighted by atomic mass is 32.2. The van der Waals surface area contributed by atoms with Crippen LogP contribution >= 0.6 is 11.8 Å². The van der Waals surface area contributed by atoms with Gasteiger partial charge < -0.3 is 5.73 Å². The number of thioether (sulfide) groups is 1. The zero-order valence-corrected chi connectivity index (χ0v) is 8.14. The van der Waals surface area contributed by atoms with Gasteiger partial charge in [-0.15, -0.1) is 0 Å². The first-order valence-corrected chi connectivity index (χ1v) is 4.76. The normalized spacial score (nSPS) is 12.9. The van der Waals surface area contributed by atoms with E-state index in [1.54, 1.807) is 18.0 Å². The van der Waals surface area contributed by atoms with E-state index < -0.39 is 0 Å². The number of aromatic nitrogens is 2. The number of rotatable bonds is 3. The van der Waals surface area contributed by atoms with Crippen molar-refractivity contribution in [2.45, 2.75) is 24.3 Å². The van der Waals surface area contributed by atoms with Gasteiger partial charge in [0.1, 0.15) is 0 Å². The van der Waals surface area contributed by atoms with Crippen molar-refractivity contribution in [3.05, 3.63) is 18.0 Å². The maximum atomic E-state index is 5.48. The van der Waals surface area contributed by atoms with Gasteiger partial charge in [-0.1, -0.05) is 18.7 Å². The predicted molar refractivity (Wildman–Crippen MR) is 51.1 cm³/mol. The van der Waals surface area contributed by atoms with Gasteiger partial charge in [0.15, 0.2) is 5.16 Å². The molecular formula is C8H13N3S. The van der Waals surface area contributed by atoms with E-state index in [-0.39, 0.29) is 0 Å². The molecule has 0 aliphatic carbocycles. The fraction of sp³-hybridized carbons (Fsp3) is 0.500. The van der Waals surface area contributed by atoms with Crippen molar-refractivity contribution in [2.24, 2.45) is 5.73 Å². The monoisotopic (exact) mass is 183 g/mol. The SMILES string of the molecule is Cc1ccnc(SC(C)CN)n1. The van der Waals surface area contributed by atoms with Crippen molar-refractivity contribution in [3.8, 4) is 0 Å². The predicted octanol–water partition coefficient (Wildman–Crippen LogP) is 1.22. The van der Waals surface area contributed by atoms with E-state index in [4.69, 9.17) is 5.73 Å². The van der Waals surface area contributed by atoms with Crippen LogP contribution in [0.5, 0.6) is 0 Å². The molecule has 0 radical (unpaired) electrons. The standard InChI is InChI=1S/C8H13N3S/c1-6-3-4-10-8(11-6)12-7(2)5-9/h3-4,7H,5,9H2,1-2H3. The molecule has 2 N–H and O–H groups in total. The molecule has 0 saturated heterocycles. The van der Waals surface area contributed by atoms with Crippen LogP contribution in [0, 0.1) is 6.92 Å². The van der Waals surface area contributed by atoms with Gasteiger partial charge in [0, 0.05) is 23.7 Å². The zero-order chi connectivity index (χ0) is 8.97. The molecule has 4 heteroatoms. The van der Waals surface area contributed by atoms with Crippen molar-refractivity contribution < 1.29 is 0 Å². The Morgan fingerprint density at radius 2 is 2.42 bits per heavy atom. The number of nitrogens with two attached hydrogens (primary N) is 1. The van der Waals surface area contributed by atoms with Crippen LogP contribution in [0.3, 0.4) is 0 Å². The lowest BCUT2D eigenvalue weighted by atomic mass is 10.5. The fourth-order valence-electron chi connectivity index (χ4n) is 0.711. The van der Waals surface area contributed by atoms with Crippen LogP contribution in [0.2, 0.25) is 0 Å². The largest absolute Gasteiger partial charge is 0.329 e. The van der Waals surface area contributed by atoms with Gasteiger partial charge in [0.2, 0.25) is 0 Å². The Bertz CT molecular complexity index is 252. The average molecular weight is 183 g/mol. The van der Waals surface area contributed by atoms with Gasteiger partial charge in [0.05, 0.1) is 0 Å². The lowest BCUT2D eigenvalue weighted by molar-refractivity contribution is 0.900. The Hall–Kier alpha value is -0.610. The molecule has 1 aromatic rings. The van der Waals surface area contributed by atoms with E-state index in [0.717, 1.165) is 10.9 Å². The Balaban J connectivity index is 2.63. The van der Waals surface area contributed by atoms with Crippen LogP contribution in [0.15, 0.2) is 17.4 Å². The zero-order valence-electron chi connectivity index (χ0n) is 7.32. The summed E-state index contributed by atoms with van der Waals surface area (Å²) in [7, 11) is 0. The second-order valence-corrected chi connectivity index (χ2v) is 4.05. The lowest BCUT2D eigenvalue weighted by Gasteiger charge is -2.05. The fourth-order valence-corrected chi connectivity index (χ4v) is 1.49. The van der Waals surface area contributed by atoms with Crippen molar-refractivity contribution in [3.63, 3.8) is 0 Å². The average Bonchev–Trinajstić information content (AvgIpc) is 2.04. The molecule has 1 atom stereocenters. The maximum Gasteiger partial charge on any atom is 0.188 e. The van der Waals surface area contributed by atoms with Crippen LogP contribution in [0.25, 0.3) is 0 Å². The summed E-state index contributed by atoms with van der Waals surface area (Å²) in [5.41, 5.74) is 6.48. The Morgan fingerprint density at radius 1 is 1.67 bits per heavy atom. The van der Waals surface area contributed by atoms with Gasteiger partial charge in [-0.25, -0.2) is 9.97 Å². The molecule has 0 aliphatic rings. The Kier molecular flexibility index (Phi) is 3.49. The molecule has 3 nitrogen and oxygen atoms in total. The summed E-state index contributed by atoms with van der Waals surface area (Å²) in [5.74, 6) is 0. The number of hydrogen-bond donors (Lipinski definition) is 1. The van der Waals surface area contributed by atoms with E-state index in [2.05, 4.69) is 16.9 Å². The minimum Gasteiger partial charge on any atom is -0.329 e. The van der Waals surface area contributed by atoms with Crippen molar-refractivity contribution in [1.82, 2.24) is 9.97 Å². The van der Waals surface area contributed by atoms with Crippen molar-refractivity contribution in [1.29, 1.82) is 0 Å². The number of aryl methyl sites for hydroxylation is 1. The van der Waals surface area contributed by atoms with E-state index >= 15 is 0 Å². The third kappa shape index (κ3) is 2.79. The topological polar surface area (TPSA) is 51.8 Å². The second kappa shape index (κ2) is 4.42. The molecule has 0 fully saturated rings. The second-order valence-electron chi connectivity index (χ2n) is 2.64. The summed E-state index contributed by atoms with van der Waals surface area (Å²) in [5, 5.41) is 1.19. The molecule has 0 bridgehead atoms. The third-order valence-corrected chi connectivity index (χ3v) is 2.41. The highest BCUT2D eigenvalue weighted by Crippen LogP contribution is 2.17. The van der Waals surface area contributed by atoms with Gasteiger partial charge >= 0.3 is 0 Å². The molecular weight excluding hydrogens is 170 g/mol. The molecule has 1 unspecified atom stereocenters. The first-order chi connectivity index (χ1) is 5.72. The van der Waals surface area contributed by atoms with E-state index in [1.807, 2.05) is 13.0 Å². The van der Waals surface area contributed by atoms with Crippen LogP contribution in [-0.4, -0.2) is 21.8 Å². The highest BCUT2D eigenvalue weighted by molar-refractivity contribution is 7.99. The number of nitrogens with zero attached hydrogens (tertiary/aromatic N) is 2. The molecule has 0 aliphatic heterocycles. The van der Waals surface area contributed by atoms with E-state index in [9.17, 15) is 0 Å². The van der Waals surface area contributed by atoms with Crippen LogP contribution in [-0.2, 0) is 0 Å². The minimum absolute atomic E-state index is 0.381. The van der Waals surface area contributed by atoms with Crippen LogP contribution in [0.1, 0.15) is 12.6 Å². The molecule has 0 spiro atoms. The van der Waals surface area contributed by atoms with Crippen LogP contribution < -0.4 is 5.73 Å². The van der Waals surface area contributed by atoms with E-state index in [1.165, 1.54) is 0 Å². The molecule has 1 rings (SSSR count). The lowest BCUT2D eigenvalue weighted by Crippen LogP contribution is -2.12.